The molecule has 2 nitrogen and oxygen atoms in total. The summed E-state index contributed by atoms with van der Waals surface area (Å²) in [4.78, 5) is 12.3. The van der Waals surface area contributed by atoms with Gasteiger partial charge < -0.3 is 4.74 Å². The molecule has 0 amide bonds. The number of hydrogen-bond acceptors (Lipinski definition) is 2. The third kappa shape index (κ3) is 3.84. The highest BCUT2D eigenvalue weighted by atomic mass is 19.4. The Kier molecular flexibility index (Phi) is 4.31. The Balaban J connectivity index is 2.34. The Bertz CT molecular complexity index is 631. The van der Waals surface area contributed by atoms with Gasteiger partial charge >= 0.3 is 6.36 Å². The van der Waals surface area contributed by atoms with Crippen LogP contribution in [-0.2, 0) is 6.42 Å². The zero-order valence-electron chi connectivity index (χ0n) is 11.3. The molecule has 0 aliphatic rings. The molecule has 0 aliphatic carbocycles. The lowest BCUT2D eigenvalue weighted by Crippen LogP contribution is -2.19. The standard InChI is InChI=1S/C16H13F3O2/c1-2-11-7-9-12(10-8-11)15(20)13-5-3-4-6-14(13)21-16(17,18)19/h3-10H,2H2,1H3. The Hall–Kier alpha value is -2.30. The van der Waals surface area contributed by atoms with E-state index in [1.807, 2.05) is 6.92 Å². The van der Waals surface area contributed by atoms with E-state index in [0.717, 1.165) is 18.1 Å². The van der Waals surface area contributed by atoms with Crippen LogP contribution in [0.5, 0.6) is 5.75 Å². The molecule has 0 aromatic heterocycles. The van der Waals surface area contributed by atoms with Crippen LogP contribution in [0.1, 0.15) is 28.4 Å². The van der Waals surface area contributed by atoms with E-state index in [9.17, 15) is 18.0 Å². The van der Waals surface area contributed by atoms with Gasteiger partial charge in [0.2, 0.25) is 0 Å². The number of para-hydroxylation sites is 1. The molecule has 0 atom stereocenters. The molecule has 5 heteroatoms. The molecule has 0 fully saturated rings. The molecule has 2 rings (SSSR count). The summed E-state index contributed by atoms with van der Waals surface area (Å²) >= 11 is 0. The zero-order valence-corrected chi connectivity index (χ0v) is 11.3. The van der Waals surface area contributed by atoms with E-state index in [1.54, 1.807) is 24.3 Å². The molecule has 0 radical (unpaired) electrons. The van der Waals surface area contributed by atoms with Crippen LogP contribution in [0, 0.1) is 0 Å². The third-order valence-electron chi connectivity index (χ3n) is 2.98. The molecule has 0 spiro atoms. The lowest BCUT2D eigenvalue weighted by Gasteiger charge is -2.12. The van der Waals surface area contributed by atoms with Crippen LogP contribution in [0.4, 0.5) is 13.2 Å². The second-order valence-electron chi connectivity index (χ2n) is 4.42. The summed E-state index contributed by atoms with van der Waals surface area (Å²) in [6.07, 6.45) is -4.01. The maximum atomic E-state index is 12.4. The molecule has 0 saturated heterocycles. The fraction of sp³-hybridized carbons (Fsp3) is 0.188. The number of aryl methyl sites for hydroxylation is 1. The number of ether oxygens (including phenoxy) is 1. The topological polar surface area (TPSA) is 26.3 Å². The Morgan fingerprint density at radius 1 is 1.05 bits per heavy atom. The zero-order chi connectivity index (χ0) is 15.5. The minimum Gasteiger partial charge on any atom is -0.405 e. The summed E-state index contributed by atoms with van der Waals surface area (Å²) in [6, 6.07) is 12.1. The molecule has 0 saturated carbocycles. The average molecular weight is 294 g/mol. The van der Waals surface area contributed by atoms with Crippen molar-refractivity contribution in [1.82, 2.24) is 0 Å². The second-order valence-corrected chi connectivity index (χ2v) is 4.42. The Labute approximate surface area is 120 Å². The Morgan fingerprint density at radius 3 is 2.24 bits per heavy atom. The number of ketones is 1. The molecule has 2 aromatic rings. The molecule has 0 bridgehead atoms. The highest BCUT2D eigenvalue weighted by molar-refractivity contribution is 6.10. The van der Waals surface area contributed by atoms with Gasteiger partial charge in [-0.05, 0) is 24.1 Å². The van der Waals surface area contributed by atoms with E-state index >= 15 is 0 Å². The van der Waals surface area contributed by atoms with Crippen LogP contribution in [-0.4, -0.2) is 12.1 Å². The molecular formula is C16H13F3O2. The lowest BCUT2D eigenvalue weighted by molar-refractivity contribution is -0.274. The van der Waals surface area contributed by atoms with E-state index in [0.29, 0.717) is 5.56 Å². The van der Waals surface area contributed by atoms with E-state index in [1.165, 1.54) is 18.2 Å². The second kappa shape index (κ2) is 5.99. The summed E-state index contributed by atoms with van der Waals surface area (Å²) in [5, 5.41) is 0. The maximum absolute atomic E-state index is 12.4. The Morgan fingerprint density at radius 2 is 1.67 bits per heavy atom. The number of rotatable bonds is 4. The number of carbonyl (C=O) groups is 1. The average Bonchev–Trinajstić information content (AvgIpc) is 2.45. The molecule has 0 N–H and O–H groups in total. The van der Waals surface area contributed by atoms with Crippen LogP contribution in [0.3, 0.4) is 0 Å². The van der Waals surface area contributed by atoms with Crippen LogP contribution in [0.2, 0.25) is 0 Å². The van der Waals surface area contributed by atoms with Crippen LogP contribution < -0.4 is 4.74 Å². The highest BCUT2D eigenvalue weighted by Gasteiger charge is 2.32. The van der Waals surface area contributed by atoms with Gasteiger partial charge in [-0.2, -0.15) is 0 Å². The van der Waals surface area contributed by atoms with Gasteiger partial charge in [0.25, 0.3) is 0 Å². The van der Waals surface area contributed by atoms with Crippen molar-refractivity contribution in [3.05, 3.63) is 65.2 Å². The van der Waals surface area contributed by atoms with Gasteiger partial charge in [-0.15, -0.1) is 13.2 Å². The molecular weight excluding hydrogens is 281 g/mol. The monoisotopic (exact) mass is 294 g/mol. The molecule has 110 valence electrons. The van der Waals surface area contributed by atoms with Gasteiger partial charge in [-0.3, -0.25) is 4.79 Å². The lowest BCUT2D eigenvalue weighted by atomic mass is 10.0. The number of benzene rings is 2. The summed E-state index contributed by atoms with van der Waals surface area (Å²) < 4.78 is 41.0. The number of alkyl halides is 3. The first-order chi connectivity index (χ1) is 9.90. The predicted molar refractivity (Wildman–Crippen MR) is 72.4 cm³/mol. The van der Waals surface area contributed by atoms with Crippen molar-refractivity contribution in [1.29, 1.82) is 0 Å². The smallest absolute Gasteiger partial charge is 0.405 e. The minimum atomic E-state index is -4.83. The van der Waals surface area contributed by atoms with E-state index in [4.69, 9.17) is 0 Å². The fourth-order valence-corrected chi connectivity index (χ4v) is 1.92. The summed E-state index contributed by atoms with van der Waals surface area (Å²) in [7, 11) is 0. The van der Waals surface area contributed by atoms with Crippen molar-refractivity contribution < 1.29 is 22.7 Å². The van der Waals surface area contributed by atoms with Crippen molar-refractivity contribution in [2.45, 2.75) is 19.7 Å². The normalized spacial score (nSPS) is 11.2. The molecule has 0 unspecified atom stereocenters. The van der Waals surface area contributed by atoms with Crippen LogP contribution in [0.15, 0.2) is 48.5 Å². The summed E-state index contributed by atoms with van der Waals surface area (Å²) in [5.41, 5.74) is 1.26. The molecule has 0 aliphatic heterocycles. The first kappa shape index (κ1) is 15.1. The van der Waals surface area contributed by atoms with Gasteiger partial charge in [0.05, 0.1) is 5.56 Å². The van der Waals surface area contributed by atoms with E-state index in [2.05, 4.69) is 4.74 Å². The molecule has 0 heterocycles. The SMILES string of the molecule is CCc1ccc(C(=O)c2ccccc2OC(F)(F)F)cc1. The van der Waals surface area contributed by atoms with Crippen LogP contribution >= 0.6 is 0 Å². The van der Waals surface area contributed by atoms with Crippen LogP contribution in [0.25, 0.3) is 0 Å². The van der Waals surface area contributed by atoms with Crippen molar-refractivity contribution in [2.75, 3.05) is 0 Å². The van der Waals surface area contributed by atoms with Crippen molar-refractivity contribution >= 4 is 5.78 Å². The number of hydrogen-bond donors (Lipinski definition) is 0. The first-order valence-corrected chi connectivity index (χ1v) is 6.39. The van der Waals surface area contributed by atoms with Crippen molar-refractivity contribution in [3.63, 3.8) is 0 Å². The highest BCUT2D eigenvalue weighted by Crippen LogP contribution is 2.28. The summed E-state index contributed by atoms with van der Waals surface area (Å²) in [6.45, 7) is 1.98. The van der Waals surface area contributed by atoms with Gasteiger partial charge in [-0.25, -0.2) is 0 Å². The van der Waals surface area contributed by atoms with Gasteiger partial charge in [0.15, 0.2) is 5.78 Å². The van der Waals surface area contributed by atoms with E-state index < -0.39 is 17.9 Å². The molecule has 2 aromatic carbocycles. The predicted octanol–water partition coefficient (Wildman–Crippen LogP) is 4.38. The van der Waals surface area contributed by atoms with Crippen molar-refractivity contribution in [2.24, 2.45) is 0 Å². The van der Waals surface area contributed by atoms with Gasteiger partial charge in [0.1, 0.15) is 5.75 Å². The number of halogens is 3. The third-order valence-corrected chi connectivity index (χ3v) is 2.98. The van der Waals surface area contributed by atoms with Gasteiger partial charge in [-0.1, -0.05) is 43.3 Å². The molecule has 21 heavy (non-hydrogen) atoms. The van der Waals surface area contributed by atoms with E-state index in [-0.39, 0.29) is 5.56 Å². The maximum Gasteiger partial charge on any atom is 0.573 e. The van der Waals surface area contributed by atoms with Crippen molar-refractivity contribution in [3.8, 4) is 5.75 Å². The first-order valence-electron chi connectivity index (χ1n) is 6.39. The largest absolute Gasteiger partial charge is 0.573 e. The quantitative estimate of drug-likeness (QED) is 0.782. The minimum absolute atomic E-state index is 0.112. The number of carbonyl (C=O) groups excluding carboxylic acids is 1. The summed E-state index contributed by atoms with van der Waals surface area (Å²) in [5.74, 6) is -0.993. The van der Waals surface area contributed by atoms with Gasteiger partial charge in [0, 0.05) is 5.56 Å². The fourth-order valence-electron chi connectivity index (χ4n) is 1.92.